The molecule has 18 heavy (non-hydrogen) atoms. The number of hydrogen-bond acceptors (Lipinski definition) is 3. The standard InChI is InChI=1S/C12H17F2NO2S/c1-9(15)4-2-3-7-18(16,17)10-5-6-11(13)12(14)8-10/h5-6,8-9H,2-4,7,15H2,1H3. The molecule has 0 heterocycles. The van der Waals surface area contributed by atoms with Gasteiger partial charge in [-0.2, -0.15) is 0 Å². The fourth-order valence-electron chi connectivity index (χ4n) is 1.55. The van der Waals surface area contributed by atoms with Gasteiger partial charge in [0.05, 0.1) is 10.6 Å². The van der Waals surface area contributed by atoms with Gasteiger partial charge < -0.3 is 5.73 Å². The average molecular weight is 277 g/mol. The van der Waals surface area contributed by atoms with Crippen molar-refractivity contribution in [2.24, 2.45) is 5.73 Å². The third-order valence-electron chi connectivity index (χ3n) is 2.57. The number of nitrogens with two attached hydrogens (primary N) is 1. The summed E-state index contributed by atoms with van der Waals surface area (Å²) in [5.74, 6) is -2.28. The first kappa shape index (κ1) is 15.0. The zero-order chi connectivity index (χ0) is 13.8. The smallest absolute Gasteiger partial charge is 0.178 e. The third-order valence-corrected chi connectivity index (χ3v) is 4.37. The summed E-state index contributed by atoms with van der Waals surface area (Å²) in [7, 11) is -3.54. The van der Waals surface area contributed by atoms with Gasteiger partial charge in [0.2, 0.25) is 0 Å². The van der Waals surface area contributed by atoms with Crippen LogP contribution < -0.4 is 5.73 Å². The number of halogens is 2. The van der Waals surface area contributed by atoms with Gasteiger partial charge in [-0.3, -0.25) is 0 Å². The van der Waals surface area contributed by atoms with Gasteiger partial charge in [0.15, 0.2) is 21.5 Å². The Morgan fingerprint density at radius 2 is 1.89 bits per heavy atom. The molecular weight excluding hydrogens is 260 g/mol. The van der Waals surface area contributed by atoms with Gasteiger partial charge >= 0.3 is 0 Å². The van der Waals surface area contributed by atoms with Crippen molar-refractivity contribution in [1.82, 2.24) is 0 Å². The zero-order valence-corrected chi connectivity index (χ0v) is 11.0. The molecule has 1 aromatic carbocycles. The second kappa shape index (κ2) is 6.24. The third kappa shape index (κ3) is 4.34. The van der Waals surface area contributed by atoms with Crippen molar-refractivity contribution in [2.75, 3.05) is 5.75 Å². The summed E-state index contributed by atoms with van der Waals surface area (Å²) >= 11 is 0. The maximum Gasteiger partial charge on any atom is 0.178 e. The Hall–Kier alpha value is -1.01. The van der Waals surface area contributed by atoms with Crippen molar-refractivity contribution < 1.29 is 17.2 Å². The monoisotopic (exact) mass is 277 g/mol. The maximum absolute atomic E-state index is 12.9. The molecule has 1 unspecified atom stereocenters. The lowest BCUT2D eigenvalue weighted by atomic mass is 10.2. The molecule has 0 radical (unpaired) electrons. The van der Waals surface area contributed by atoms with Gasteiger partial charge in [0.1, 0.15) is 0 Å². The quantitative estimate of drug-likeness (QED) is 0.641. The average Bonchev–Trinajstić information content (AvgIpc) is 2.28. The fourth-order valence-corrected chi connectivity index (χ4v) is 2.92. The van der Waals surface area contributed by atoms with Crippen LogP contribution in [0.3, 0.4) is 0 Å². The summed E-state index contributed by atoms with van der Waals surface area (Å²) in [6.45, 7) is 1.85. The molecule has 0 aliphatic rings. The number of benzene rings is 1. The van der Waals surface area contributed by atoms with E-state index in [1.807, 2.05) is 6.92 Å². The summed E-state index contributed by atoms with van der Waals surface area (Å²) in [6, 6.07) is 2.66. The van der Waals surface area contributed by atoms with E-state index < -0.39 is 21.5 Å². The van der Waals surface area contributed by atoms with Crippen molar-refractivity contribution >= 4 is 9.84 Å². The molecule has 102 valence electrons. The lowest BCUT2D eigenvalue weighted by molar-refractivity contribution is 0.504. The van der Waals surface area contributed by atoms with Gasteiger partial charge in [-0.25, -0.2) is 17.2 Å². The first-order chi connectivity index (χ1) is 8.33. The number of hydrogen-bond donors (Lipinski definition) is 1. The van der Waals surface area contributed by atoms with Crippen LogP contribution in [-0.4, -0.2) is 20.2 Å². The van der Waals surface area contributed by atoms with Crippen LogP contribution in [-0.2, 0) is 9.84 Å². The van der Waals surface area contributed by atoms with Gasteiger partial charge in [-0.15, -0.1) is 0 Å². The Morgan fingerprint density at radius 3 is 2.44 bits per heavy atom. The molecule has 2 N–H and O–H groups in total. The molecule has 1 rings (SSSR count). The first-order valence-corrected chi connectivity index (χ1v) is 7.41. The molecule has 0 aliphatic carbocycles. The van der Waals surface area contributed by atoms with Gasteiger partial charge in [-0.1, -0.05) is 6.42 Å². The van der Waals surface area contributed by atoms with Crippen LogP contribution in [0.4, 0.5) is 8.78 Å². The van der Waals surface area contributed by atoms with E-state index in [2.05, 4.69) is 0 Å². The largest absolute Gasteiger partial charge is 0.328 e. The van der Waals surface area contributed by atoms with Crippen molar-refractivity contribution in [2.45, 2.75) is 37.1 Å². The topological polar surface area (TPSA) is 60.2 Å². The lowest BCUT2D eigenvalue weighted by Gasteiger charge is -2.06. The minimum absolute atomic E-state index is 0.0379. The van der Waals surface area contributed by atoms with Crippen LogP contribution in [0.1, 0.15) is 26.2 Å². The highest BCUT2D eigenvalue weighted by Gasteiger charge is 2.16. The van der Waals surface area contributed by atoms with E-state index in [1.165, 1.54) is 0 Å². The molecule has 0 aliphatic heterocycles. The van der Waals surface area contributed by atoms with Crippen LogP contribution in [0, 0.1) is 11.6 Å². The highest BCUT2D eigenvalue weighted by molar-refractivity contribution is 7.91. The molecule has 0 amide bonds. The van der Waals surface area contributed by atoms with Crippen molar-refractivity contribution in [3.63, 3.8) is 0 Å². The van der Waals surface area contributed by atoms with Gasteiger partial charge in [-0.05, 0) is 38.0 Å². The van der Waals surface area contributed by atoms with E-state index in [9.17, 15) is 17.2 Å². The van der Waals surface area contributed by atoms with Crippen LogP contribution in [0.5, 0.6) is 0 Å². The Bertz CT molecular complexity index is 501. The van der Waals surface area contributed by atoms with E-state index >= 15 is 0 Å². The summed E-state index contributed by atoms with van der Waals surface area (Å²) < 4.78 is 49.3. The number of rotatable bonds is 6. The maximum atomic E-state index is 12.9. The first-order valence-electron chi connectivity index (χ1n) is 5.76. The van der Waals surface area contributed by atoms with E-state index in [4.69, 9.17) is 5.73 Å². The minimum Gasteiger partial charge on any atom is -0.328 e. The molecule has 3 nitrogen and oxygen atoms in total. The second-order valence-electron chi connectivity index (χ2n) is 4.37. The van der Waals surface area contributed by atoms with Crippen LogP contribution in [0.15, 0.2) is 23.1 Å². The molecule has 0 fully saturated rings. The van der Waals surface area contributed by atoms with Crippen molar-refractivity contribution in [1.29, 1.82) is 0 Å². The predicted molar refractivity (Wildman–Crippen MR) is 65.9 cm³/mol. The summed E-state index contributed by atoms with van der Waals surface area (Å²) in [6.07, 6.45) is 1.90. The highest BCUT2D eigenvalue weighted by Crippen LogP contribution is 2.16. The fraction of sp³-hybridized carbons (Fsp3) is 0.500. The lowest BCUT2D eigenvalue weighted by Crippen LogP contribution is -2.15. The minimum atomic E-state index is -3.54. The Kier molecular flexibility index (Phi) is 5.22. The van der Waals surface area contributed by atoms with Crippen molar-refractivity contribution in [3.05, 3.63) is 29.8 Å². The summed E-state index contributed by atoms with van der Waals surface area (Å²) in [5.41, 5.74) is 5.55. The Balaban J connectivity index is 2.66. The molecule has 0 spiro atoms. The van der Waals surface area contributed by atoms with Gasteiger partial charge in [0, 0.05) is 6.04 Å². The molecule has 1 aromatic rings. The Labute approximate surface area is 106 Å². The second-order valence-corrected chi connectivity index (χ2v) is 6.48. The number of sulfone groups is 1. The number of unbranched alkanes of at least 4 members (excludes halogenated alkanes) is 1. The molecular formula is C12H17F2NO2S. The molecule has 0 saturated carbocycles. The van der Waals surface area contributed by atoms with E-state index in [-0.39, 0.29) is 16.7 Å². The molecule has 6 heteroatoms. The molecule has 0 saturated heterocycles. The van der Waals surface area contributed by atoms with Crippen LogP contribution in [0.25, 0.3) is 0 Å². The Morgan fingerprint density at radius 1 is 1.22 bits per heavy atom. The van der Waals surface area contributed by atoms with E-state index in [0.717, 1.165) is 24.6 Å². The van der Waals surface area contributed by atoms with E-state index in [1.54, 1.807) is 0 Å². The van der Waals surface area contributed by atoms with Gasteiger partial charge in [0.25, 0.3) is 0 Å². The SMILES string of the molecule is CC(N)CCCCS(=O)(=O)c1ccc(F)c(F)c1. The molecule has 1 atom stereocenters. The van der Waals surface area contributed by atoms with Crippen LogP contribution >= 0.6 is 0 Å². The van der Waals surface area contributed by atoms with E-state index in [0.29, 0.717) is 12.8 Å². The highest BCUT2D eigenvalue weighted by atomic mass is 32.2. The summed E-state index contributed by atoms with van der Waals surface area (Å²) in [4.78, 5) is -0.179. The molecule has 0 bridgehead atoms. The normalized spacial score (nSPS) is 13.6. The van der Waals surface area contributed by atoms with Crippen LogP contribution in [0.2, 0.25) is 0 Å². The summed E-state index contributed by atoms with van der Waals surface area (Å²) in [5, 5.41) is 0. The zero-order valence-electron chi connectivity index (χ0n) is 10.2. The van der Waals surface area contributed by atoms with Crippen molar-refractivity contribution in [3.8, 4) is 0 Å². The molecule has 0 aromatic heterocycles. The predicted octanol–water partition coefficient (Wildman–Crippen LogP) is 2.26.